The first-order chi connectivity index (χ1) is 11.9. The maximum atomic E-state index is 12.9. The van der Waals surface area contributed by atoms with Crippen molar-refractivity contribution in [2.24, 2.45) is 0 Å². The maximum absolute atomic E-state index is 12.9. The van der Waals surface area contributed by atoms with Gasteiger partial charge in [-0.1, -0.05) is 24.3 Å². The molecular weight excluding hydrogens is 319 g/mol. The van der Waals surface area contributed by atoms with E-state index in [9.17, 15) is 14.0 Å². The lowest BCUT2D eigenvalue weighted by Crippen LogP contribution is -2.40. The average Bonchev–Trinajstić information content (AvgIpc) is 2.61. The molecular formula is C20H23FN2O2. The summed E-state index contributed by atoms with van der Waals surface area (Å²) in [7, 11) is 0. The van der Waals surface area contributed by atoms with E-state index in [0.717, 1.165) is 16.7 Å². The van der Waals surface area contributed by atoms with E-state index in [4.69, 9.17) is 0 Å². The van der Waals surface area contributed by atoms with Gasteiger partial charge in [-0.3, -0.25) is 9.59 Å². The molecule has 0 heterocycles. The first-order valence-corrected chi connectivity index (χ1v) is 8.29. The van der Waals surface area contributed by atoms with Gasteiger partial charge in [0.1, 0.15) is 5.82 Å². The molecule has 0 bridgehead atoms. The Morgan fingerprint density at radius 2 is 1.76 bits per heavy atom. The number of hydrogen-bond acceptors (Lipinski definition) is 2. The molecule has 0 saturated carbocycles. The summed E-state index contributed by atoms with van der Waals surface area (Å²) in [4.78, 5) is 26.4. The van der Waals surface area contributed by atoms with Crippen molar-refractivity contribution in [1.29, 1.82) is 0 Å². The quantitative estimate of drug-likeness (QED) is 0.876. The summed E-state index contributed by atoms with van der Waals surface area (Å²) in [5.41, 5.74) is 3.40. The Bertz CT molecular complexity index is 757. The van der Waals surface area contributed by atoms with Crippen molar-refractivity contribution in [2.75, 3.05) is 13.1 Å². The molecule has 2 aromatic rings. The van der Waals surface area contributed by atoms with Crippen LogP contribution in [0.2, 0.25) is 0 Å². The number of carbonyl (C=O) groups excluding carboxylic acids is 2. The Hall–Kier alpha value is -2.69. The van der Waals surface area contributed by atoms with Crippen molar-refractivity contribution in [3.63, 3.8) is 0 Å². The zero-order chi connectivity index (χ0) is 18.4. The number of aryl methyl sites for hydroxylation is 1. The molecule has 0 aliphatic carbocycles. The van der Waals surface area contributed by atoms with E-state index in [1.54, 1.807) is 18.2 Å². The van der Waals surface area contributed by atoms with Gasteiger partial charge in [0.05, 0.1) is 6.54 Å². The third-order valence-electron chi connectivity index (χ3n) is 4.24. The normalized spacial score (nSPS) is 10.4. The highest BCUT2D eigenvalue weighted by Crippen LogP contribution is 2.15. The van der Waals surface area contributed by atoms with Crippen LogP contribution in [0, 0.1) is 19.7 Å². The second-order valence-corrected chi connectivity index (χ2v) is 5.97. The molecule has 0 aliphatic heterocycles. The number of rotatable bonds is 6. The standard InChI is InChI=1S/C20H23FN2O2/c1-4-23(20(25)18-7-5-6-14(2)15(18)3)13-19(24)22-12-16-8-10-17(21)11-9-16/h5-11H,4,12-13H2,1-3H3,(H,22,24). The summed E-state index contributed by atoms with van der Waals surface area (Å²) < 4.78 is 12.9. The number of likely N-dealkylation sites (N-methyl/N-ethyl adjacent to an activating group) is 1. The second-order valence-electron chi connectivity index (χ2n) is 5.97. The summed E-state index contributed by atoms with van der Waals surface area (Å²) in [5.74, 6) is -0.711. The molecule has 0 fully saturated rings. The molecule has 0 aromatic heterocycles. The Morgan fingerprint density at radius 3 is 2.40 bits per heavy atom. The van der Waals surface area contributed by atoms with Gasteiger partial charge in [-0.05, 0) is 55.7 Å². The number of nitrogens with zero attached hydrogens (tertiary/aromatic N) is 1. The molecule has 5 heteroatoms. The van der Waals surface area contributed by atoms with Gasteiger partial charge in [-0.15, -0.1) is 0 Å². The summed E-state index contributed by atoms with van der Waals surface area (Å²) in [6.45, 7) is 6.44. The van der Waals surface area contributed by atoms with Gasteiger partial charge in [0.2, 0.25) is 5.91 Å². The minimum absolute atomic E-state index is 0.0100. The molecule has 4 nitrogen and oxygen atoms in total. The van der Waals surface area contributed by atoms with Gasteiger partial charge in [0.25, 0.3) is 5.91 Å². The molecule has 0 aliphatic rings. The van der Waals surface area contributed by atoms with E-state index in [1.165, 1.54) is 17.0 Å². The minimum Gasteiger partial charge on any atom is -0.350 e. The summed E-state index contributed by atoms with van der Waals surface area (Å²) >= 11 is 0. The van der Waals surface area contributed by atoms with Crippen LogP contribution in [-0.4, -0.2) is 29.8 Å². The fourth-order valence-electron chi connectivity index (χ4n) is 2.51. The Morgan fingerprint density at radius 1 is 1.08 bits per heavy atom. The number of carbonyl (C=O) groups is 2. The lowest BCUT2D eigenvalue weighted by atomic mass is 10.0. The van der Waals surface area contributed by atoms with Crippen molar-refractivity contribution in [3.05, 3.63) is 70.5 Å². The number of hydrogen-bond donors (Lipinski definition) is 1. The first kappa shape index (κ1) is 18.6. The number of amides is 2. The van der Waals surface area contributed by atoms with E-state index in [-0.39, 0.29) is 24.2 Å². The van der Waals surface area contributed by atoms with Crippen molar-refractivity contribution in [1.82, 2.24) is 10.2 Å². The average molecular weight is 342 g/mol. The molecule has 0 unspecified atom stereocenters. The molecule has 132 valence electrons. The molecule has 0 saturated heterocycles. The number of benzene rings is 2. The molecule has 25 heavy (non-hydrogen) atoms. The van der Waals surface area contributed by atoms with Crippen LogP contribution in [0.5, 0.6) is 0 Å². The van der Waals surface area contributed by atoms with Crippen molar-refractivity contribution >= 4 is 11.8 Å². The Labute approximate surface area is 147 Å². The molecule has 0 atom stereocenters. The van der Waals surface area contributed by atoms with E-state index in [2.05, 4.69) is 5.32 Å². The highest BCUT2D eigenvalue weighted by atomic mass is 19.1. The van der Waals surface area contributed by atoms with Crippen molar-refractivity contribution < 1.29 is 14.0 Å². The van der Waals surface area contributed by atoms with Gasteiger partial charge in [-0.2, -0.15) is 0 Å². The van der Waals surface area contributed by atoms with E-state index >= 15 is 0 Å². The zero-order valence-corrected chi connectivity index (χ0v) is 14.8. The summed E-state index contributed by atoms with van der Waals surface area (Å²) in [5, 5.41) is 2.76. The van der Waals surface area contributed by atoms with Gasteiger partial charge < -0.3 is 10.2 Å². The SMILES string of the molecule is CCN(CC(=O)NCc1ccc(F)cc1)C(=O)c1cccc(C)c1C. The van der Waals surface area contributed by atoms with Gasteiger partial charge in [0, 0.05) is 18.7 Å². The molecule has 0 radical (unpaired) electrons. The van der Waals surface area contributed by atoms with Crippen LogP contribution >= 0.6 is 0 Å². The van der Waals surface area contributed by atoms with E-state index in [1.807, 2.05) is 32.9 Å². The molecule has 0 spiro atoms. The van der Waals surface area contributed by atoms with Crippen LogP contribution in [0.1, 0.15) is 34.0 Å². The van der Waals surface area contributed by atoms with Gasteiger partial charge in [0.15, 0.2) is 0 Å². The summed E-state index contributed by atoms with van der Waals surface area (Å²) in [6, 6.07) is 11.5. The van der Waals surface area contributed by atoms with Gasteiger partial charge in [-0.25, -0.2) is 4.39 Å². The maximum Gasteiger partial charge on any atom is 0.254 e. The topological polar surface area (TPSA) is 49.4 Å². The molecule has 2 rings (SSSR count). The summed E-state index contributed by atoms with van der Waals surface area (Å²) in [6.07, 6.45) is 0. The highest BCUT2D eigenvalue weighted by molar-refractivity contribution is 5.98. The van der Waals surface area contributed by atoms with Gasteiger partial charge >= 0.3 is 0 Å². The Balaban J connectivity index is 1.98. The third-order valence-corrected chi connectivity index (χ3v) is 4.24. The van der Waals surface area contributed by atoms with Crippen LogP contribution in [0.3, 0.4) is 0 Å². The number of halogens is 1. The lowest BCUT2D eigenvalue weighted by molar-refractivity contribution is -0.121. The second kappa shape index (κ2) is 8.42. The van der Waals surface area contributed by atoms with Crippen molar-refractivity contribution in [3.8, 4) is 0 Å². The first-order valence-electron chi connectivity index (χ1n) is 8.29. The molecule has 2 amide bonds. The zero-order valence-electron chi connectivity index (χ0n) is 14.8. The smallest absolute Gasteiger partial charge is 0.254 e. The fourth-order valence-corrected chi connectivity index (χ4v) is 2.51. The van der Waals surface area contributed by atoms with Crippen LogP contribution < -0.4 is 5.32 Å². The van der Waals surface area contributed by atoms with Crippen LogP contribution in [0.25, 0.3) is 0 Å². The predicted molar refractivity (Wildman–Crippen MR) is 95.7 cm³/mol. The monoisotopic (exact) mass is 342 g/mol. The number of nitrogens with one attached hydrogen (secondary N) is 1. The largest absolute Gasteiger partial charge is 0.350 e. The molecule has 1 N–H and O–H groups in total. The van der Waals surface area contributed by atoms with Crippen molar-refractivity contribution in [2.45, 2.75) is 27.3 Å². The Kier molecular flexibility index (Phi) is 6.28. The lowest BCUT2D eigenvalue weighted by Gasteiger charge is -2.22. The van der Waals surface area contributed by atoms with E-state index in [0.29, 0.717) is 18.7 Å². The predicted octanol–water partition coefficient (Wildman–Crippen LogP) is 3.22. The molecule has 2 aromatic carbocycles. The third kappa shape index (κ3) is 4.89. The minimum atomic E-state index is -0.314. The van der Waals surface area contributed by atoms with Crippen LogP contribution in [0.4, 0.5) is 4.39 Å². The van der Waals surface area contributed by atoms with E-state index < -0.39 is 0 Å². The van der Waals surface area contributed by atoms with Crippen LogP contribution in [-0.2, 0) is 11.3 Å². The highest BCUT2D eigenvalue weighted by Gasteiger charge is 2.19. The van der Waals surface area contributed by atoms with Crippen LogP contribution in [0.15, 0.2) is 42.5 Å². The fraction of sp³-hybridized carbons (Fsp3) is 0.300.